The number of hydrogen-bond donors (Lipinski definition) is 1. The second-order valence-corrected chi connectivity index (χ2v) is 3.19. The van der Waals surface area contributed by atoms with Crippen molar-refractivity contribution in [3.05, 3.63) is 22.8 Å². The van der Waals surface area contributed by atoms with Crippen molar-refractivity contribution in [2.24, 2.45) is 0 Å². The molecule has 0 saturated carbocycles. The number of anilines is 1. The van der Waals surface area contributed by atoms with Gasteiger partial charge in [0.25, 0.3) is 6.43 Å². The first-order chi connectivity index (χ1) is 7.13. The number of aromatic nitrogens is 1. The number of ether oxygens (including phenoxy) is 1. The Kier molecular flexibility index (Phi) is 4.71. The van der Waals surface area contributed by atoms with Crippen LogP contribution >= 0.6 is 11.6 Å². The van der Waals surface area contributed by atoms with E-state index in [4.69, 9.17) is 16.3 Å². The van der Waals surface area contributed by atoms with Crippen LogP contribution in [-0.2, 0) is 11.3 Å². The van der Waals surface area contributed by atoms with Crippen LogP contribution in [0.25, 0.3) is 0 Å². The van der Waals surface area contributed by atoms with E-state index in [1.54, 1.807) is 19.2 Å². The summed E-state index contributed by atoms with van der Waals surface area (Å²) in [6.07, 6.45) is -2.48. The molecule has 0 bridgehead atoms. The number of nitrogens with one attached hydrogen (secondary N) is 1. The second-order valence-electron chi connectivity index (χ2n) is 2.78. The molecular weight excluding hydrogens is 226 g/mol. The molecule has 0 spiro atoms. The zero-order chi connectivity index (χ0) is 11.3. The summed E-state index contributed by atoms with van der Waals surface area (Å²) < 4.78 is 28.3. The molecule has 0 saturated heterocycles. The van der Waals surface area contributed by atoms with Gasteiger partial charge in [0.1, 0.15) is 12.4 Å². The lowest BCUT2D eigenvalue weighted by Crippen LogP contribution is -2.06. The molecule has 1 aromatic heterocycles. The Hall–Kier alpha value is -0.940. The lowest BCUT2D eigenvalue weighted by molar-refractivity contribution is 0.00889. The number of pyridine rings is 1. The van der Waals surface area contributed by atoms with Gasteiger partial charge in [-0.25, -0.2) is 13.8 Å². The van der Waals surface area contributed by atoms with Gasteiger partial charge in [-0.05, 0) is 12.1 Å². The average molecular weight is 237 g/mol. The van der Waals surface area contributed by atoms with Crippen molar-refractivity contribution in [3.8, 4) is 0 Å². The van der Waals surface area contributed by atoms with Crippen LogP contribution in [0.3, 0.4) is 0 Å². The maximum absolute atomic E-state index is 11.8. The molecule has 1 N–H and O–H groups in total. The minimum Gasteiger partial charge on any atom is -0.373 e. The predicted octanol–water partition coefficient (Wildman–Crippen LogP) is 2.56. The van der Waals surface area contributed by atoms with Gasteiger partial charge in [-0.2, -0.15) is 0 Å². The van der Waals surface area contributed by atoms with Gasteiger partial charge in [-0.3, -0.25) is 0 Å². The summed E-state index contributed by atoms with van der Waals surface area (Å²) in [5, 5.41) is 3.23. The molecule has 3 nitrogen and oxygen atoms in total. The number of hydrogen-bond acceptors (Lipinski definition) is 3. The van der Waals surface area contributed by atoms with Gasteiger partial charge in [0.2, 0.25) is 0 Å². The summed E-state index contributed by atoms with van der Waals surface area (Å²) >= 11 is 5.81. The van der Waals surface area contributed by atoms with Crippen LogP contribution in [-0.4, -0.2) is 25.1 Å². The fraction of sp³-hybridized carbons (Fsp3) is 0.444. The molecule has 0 amide bonds. The quantitative estimate of drug-likeness (QED) is 0.853. The van der Waals surface area contributed by atoms with Gasteiger partial charge in [-0.15, -0.1) is 0 Å². The largest absolute Gasteiger partial charge is 0.373 e. The van der Waals surface area contributed by atoms with Crippen LogP contribution in [0.4, 0.5) is 14.6 Å². The minimum atomic E-state index is -2.48. The molecule has 0 aromatic carbocycles. The third-order valence-electron chi connectivity index (χ3n) is 1.66. The topological polar surface area (TPSA) is 34.1 Å². The number of halogens is 3. The van der Waals surface area contributed by atoms with E-state index in [1.807, 2.05) is 0 Å². The Morgan fingerprint density at radius 3 is 2.87 bits per heavy atom. The fourth-order valence-electron chi connectivity index (χ4n) is 0.970. The zero-order valence-corrected chi connectivity index (χ0v) is 8.89. The average Bonchev–Trinajstić information content (AvgIpc) is 2.20. The normalized spacial score (nSPS) is 10.7. The monoisotopic (exact) mass is 236 g/mol. The molecule has 0 aliphatic rings. The molecule has 0 unspecified atom stereocenters. The van der Waals surface area contributed by atoms with Gasteiger partial charge in [0, 0.05) is 7.05 Å². The Labute approximate surface area is 91.4 Å². The van der Waals surface area contributed by atoms with Crippen molar-refractivity contribution >= 4 is 17.4 Å². The van der Waals surface area contributed by atoms with Crippen molar-refractivity contribution in [1.82, 2.24) is 4.98 Å². The van der Waals surface area contributed by atoms with Crippen LogP contribution < -0.4 is 5.32 Å². The Balaban J connectivity index is 2.59. The predicted molar refractivity (Wildman–Crippen MR) is 54.5 cm³/mol. The molecule has 0 radical (unpaired) electrons. The van der Waals surface area contributed by atoms with Crippen molar-refractivity contribution in [2.45, 2.75) is 13.0 Å². The van der Waals surface area contributed by atoms with E-state index in [9.17, 15) is 8.78 Å². The van der Waals surface area contributed by atoms with Gasteiger partial charge >= 0.3 is 0 Å². The van der Waals surface area contributed by atoms with Gasteiger partial charge in [0.05, 0.1) is 17.3 Å². The van der Waals surface area contributed by atoms with E-state index in [2.05, 4.69) is 10.3 Å². The van der Waals surface area contributed by atoms with Crippen LogP contribution in [0, 0.1) is 0 Å². The molecule has 6 heteroatoms. The molecule has 1 aromatic rings. The summed E-state index contributed by atoms with van der Waals surface area (Å²) in [4.78, 5) is 4.07. The van der Waals surface area contributed by atoms with E-state index in [0.717, 1.165) is 0 Å². The smallest absolute Gasteiger partial charge is 0.261 e. The molecule has 0 aliphatic heterocycles. The number of rotatable bonds is 5. The summed E-state index contributed by atoms with van der Waals surface area (Å²) in [5.74, 6) is 0.620. The minimum absolute atomic E-state index is 0.0152. The lowest BCUT2D eigenvalue weighted by atomic mass is 10.3. The number of nitrogens with zero attached hydrogens (tertiary/aromatic N) is 1. The zero-order valence-electron chi connectivity index (χ0n) is 8.14. The Morgan fingerprint density at radius 1 is 1.53 bits per heavy atom. The molecular formula is C9H11ClF2N2O. The standard InChI is InChI=1S/C9H11ClF2N2O/c1-13-9-3-2-6(10)7(14-9)4-15-5-8(11)12/h2-3,8H,4-5H2,1H3,(H,13,14). The van der Waals surface area contributed by atoms with Crippen LogP contribution in [0.2, 0.25) is 5.02 Å². The highest BCUT2D eigenvalue weighted by molar-refractivity contribution is 6.31. The molecule has 84 valence electrons. The first-order valence-corrected chi connectivity index (χ1v) is 4.70. The molecule has 1 heterocycles. The fourth-order valence-corrected chi connectivity index (χ4v) is 1.13. The lowest BCUT2D eigenvalue weighted by Gasteiger charge is -2.07. The van der Waals surface area contributed by atoms with Crippen LogP contribution in [0.15, 0.2) is 12.1 Å². The van der Waals surface area contributed by atoms with E-state index < -0.39 is 13.0 Å². The highest BCUT2D eigenvalue weighted by Crippen LogP contribution is 2.17. The van der Waals surface area contributed by atoms with Crippen molar-refractivity contribution in [2.75, 3.05) is 19.0 Å². The highest BCUT2D eigenvalue weighted by atomic mass is 35.5. The molecule has 0 fully saturated rings. The highest BCUT2D eigenvalue weighted by Gasteiger charge is 2.06. The summed E-state index contributed by atoms with van der Waals surface area (Å²) in [6.45, 7) is -0.625. The molecule has 0 aliphatic carbocycles. The van der Waals surface area contributed by atoms with Crippen molar-refractivity contribution in [1.29, 1.82) is 0 Å². The van der Waals surface area contributed by atoms with E-state index in [-0.39, 0.29) is 6.61 Å². The van der Waals surface area contributed by atoms with E-state index in [0.29, 0.717) is 16.5 Å². The summed E-state index contributed by atoms with van der Waals surface area (Å²) in [7, 11) is 1.71. The molecule has 15 heavy (non-hydrogen) atoms. The molecule has 1 rings (SSSR count). The van der Waals surface area contributed by atoms with E-state index >= 15 is 0 Å². The van der Waals surface area contributed by atoms with E-state index in [1.165, 1.54) is 0 Å². The molecule has 0 atom stereocenters. The first kappa shape index (κ1) is 12.1. The van der Waals surface area contributed by atoms with Gasteiger partial charge < -0.3 is 10.1 Å². The number of alkyl halides is 2. The summed E-state index contributed by atoms with van der Waals surface area (Å²) in [5.41, 5.74) is 0.448. The SMILES string of the molecule is CNc1ccc(Cl)c(COCC(F)F)n1. The van der Waals surface area contributed by atoms with Crippen LogP contribution in [0.1, 0.15) is 5.69 Å². The van der Waals surface area contributed by atoms with Gasteiger partial charge in [-0.1, -0.05) is 11.6 Å². The first-order valence-electron chi connectivity index (χ1n) is 4.32. The van der Waals surface area contributed by atoms with Crippen molar-refractivity contribution in [3.63, 3.8) is 0 Å². The third kappa shape index (κ3) is 3.97. The summed E-state index contributed by atoms with van der Waals surface area (Å²) in [6, 6.07) is 3.33. The second kappa shape index (κ2) is 5.82. The Morgan fingerprint density at radius 2 is 2.27 bits per heavy atom. The van der Waals surface area contributed by atoms with Crippen LogP contribution in [0.5, 0.6) is 0 Å². The van der Waals surface area contributed by atoms with Gasteiger partial charge in [0.15, 0.2) is 0 Å². The van der Waals surface area contributed by atoms with Crippen molar-refractivity contribution < 1.29 is 13.5 Å². The maximum Gasteiger partial charge on any atom is 0.261 e. The third-order valence-corrected chi connectivity index (χ3v) is 2.00. The Bertz CT molecular complexity index is 323. The maximum atomic E-state index is 11.8.